The molecule has 1 fully saturated rings. The van der Waals surface area contributed by atoms with Crippen LogP contribution in [0.2, 0.25) is 0 Å². The van der Waals surface area contributed by atoms with Crippen LogP contribution in [-0.2, 0) is 35.9 Å². The highest BCUT2D eigenvalue weighted by Gasteiger charge is 2.40. The van der Waals surface area contributed by atoms with E-state index < -0.39 is 37.7 Å². The Bertz CT molecular complexity index is 1700. The van der Waals surface area contributed by atoms with Crippen molar-refractivity contribution in [2.24, 2.45) is 0 Å². The molecule has 5 rings (SSSR count). The summed E-state index contributed by atoms with van der Waals surface area (Å²) < 4.78 is 51.9. The van der Waals surface area contributed by atoms with Gasteiger partial charge in [0.1, 0.15) is 6.04 Å². The monoisotopic (exact) mass is 595 g/mol. The van der Waals surface area contributed by atoms with E-state index in [0.717, 1.165) is 45.0 Å². The number of carbonyl (C=O) groups is 2. The third kappa shape index (κ3) is 6.22. The molecular weight excluding hydrogens is 562 g/mol. The minimum Gasteiger partial charge on any atom is -0.353 e. The number of aryl methyl sites for hydroxylation is 2. The van der Waals surface area contributed by atoms with Crippen LogP contribution in [-0.4, -0.2) is 58.3 Å². The summed E-state index contributed by atoms with van der Waals surface area (Å²) in [5.41, 5.74) is 4.61. The second kappa shape index (κ2) is 11.4. The standard InChI is InChI=1S/C30H33N3O6S2/c1-20-9-12-24(13-10-20)41(38,39)33-16-15-31-30(35)28(33)19-29(34)32-27-8-4-6-23-17-22(11-14-26(23)27)21-5-3-7-25(18-21)40(2,36)37/h3,5,7,9-14,17-18,27-28H,4,6,8,15-16,19H2,1-2H3,(H,31,35)(H,32,34)/t27-,28?/m1/s1. The van der Waals surface area contributed by atoms with Crippen LogP contribution in [0, 0.1) is 6.92 Å². The summed E-state index contributed by atoms with van der Waals surface area (Å²) in [6.45, 7) is 2.11. The number of piperazine rings is 1. The molecule has 3 aromatic rings. The summed E-state index contributed by atoms with van der Waals surface area (Å²) in [4.78, 5) is 26.4. The summed E-state index contributed by atoms with van der Waals surface area (Å²) in [5, 5.41) is 5.72. The van der Waals surface area contributed by atoms with E-state index in [9.17, 15) is 26.4 Å². The number of sulfone groups is 1. The third-order valence-electron chi connectivity index (χ3n) is 7.68. The second-order valence-corrected chi connectivity index (χ2v) is 14.6. The maximum Gasteiger partial charge on any atom is 0.243 e. The minimum atomic E-state index is -3.98. The molecule has 2 N–H and O–H groups in total. The van der Waals surface area contributed by atoms with Crippen molar-refractivity contribution in [2.45, 2.75) is 54.5 Å². The number of sulfonamides is 1. The Morgan fingerprint density at radius 1 is 0.976 bits per heavy atom. The van der Waals surface area contributed by atoms with Crippen LogP contribution in [0.3, 0.4) is 0 Å². The van der Waals surface area contributed by atoms with Gasteiger partial charge >= 0.3 is 0 Å². The second-order valence-electron chi connectivity index (χ2n) is 10.7. The van der Waals surface area contributed by atoms with Gasteiger partial charge in [0.15, 0.2) is 9.84 Å². The Morgan fingerprint density at radius 2 is 1.71 bits per heavy atom. The lowest BCUT2D eigenvalue weighted by atomic mass is 9.85. The van der Waals surface area contributed by atoms with Gasteiger partial charge in [-0.15, -0.1) is 0 Å². The Balaban J connectivity index is 1.33. The Morgan fingerprint density at radius 3 is 2.44 bits per heavy atom. The average Bonchev–Trinajstić information content (AvgIpc) is 2.94. The fourth-order valence-corrected chi connectivity index (χ4v) is 7.76. The molecule has 9 nitrogen and oxygen atoms in total. The maximum absolute atomic E-state index is 13.4. The van der Waals surface area contributed by atoms with E-state index in [1.165, 1.54) is 18.4 Å². The molecule has 1 aliphatic heterocycles. The highest BCUT2D eigenvalue weighted by Crippen LogP contribution is 2.34. The van der Waals surface area contributed by atoms with Gasteiger partial charge in [0.05, 0.1) is 22.3 Å². The van der Waals surface area contributed by atoms with Crippen LogP contribution in [0.1, 0.15) is 42.0 Å². The first-order valence-corrected chi connectivity index (χ1v) is 16.9. The normalized spacial score (nSPS) is 19.7. The molecule has 0 spiro atoms. The van der Waals surface area contributed by atoms with Gasteiger partial charge in [0, 0.05) is 19.3 Å². The number of carbonyl (C=O) groups excluding carboxylic acids is 2. The molecule has 0 aromatic heterocycles. The number of nitrogens with one attached hydrogen (secondary N) is 2. The Hall–Kier alpha value is -3.54. The van der Waals surface area contributed by atoms with Gasteiger partial charge in [-0.25, -0.2) is 16.8 Å². The van der Waals surface area contributed by atoms with E-state index in [0.29, 0.717) is 6.42 Å². The molecule has 2 atom stereocenters. The van der Waals surface area contributed by atoms with E-state index >= 15 is 0 Å². The molecule has 1 unspecified atom stereocenters. The van der Waals surface area contributed by atoms with E-state index in [1.54, 1.807) is 30.3 Å². The number of amides is 2. The smallest absolute Gasteiger partial charge is 0.243 e. The lowest BCUT2D eigenvalue weighted by Crippen LogP contribution is -2.58. The summed E-state index contributed by atoms with van der Waals surface area (Å²) >= 11 is 0. The van der Waals surface area contributed by atoms with Crippen molar-refractivity contribution in [1.82, 2.24) is 14.9 Å². The SMILES string of the molecule is Cc1ccc(S(=O)(=O)N2CCNC(=O)C2CC(=O)N[C@@H]2CCCc3cc(-c4cccc(S(C)(=O)=O)c4)ccc32)cc1. The molecule has 0 radical (unpaired) electrons. The van der Waals surface area contributed by atoms with Gasteiger partial charge in [-0.2, -0.15) is 4.31 Å². The number of benzene rings is 3. The van der Waals surface area contributed by atoms with Crippen molar-refractivity contribution in [3.05, 3.63) is 83.4 Å². The summed E-state index contributed by atoms with van der Waals surface area (Å²) in [6.07, 6.45) is 3.25. The zero-order chi connectivity index (χ0) is 29.4. The predicted octanol–water partition coefficient (Wildman–Crippen LogP) is 3.14. The van der Waals surface area contributed by atoms with Gasteiger partial charge in [-0.1, -0.05) is 48.0 Å². The number of fused-ring (bicyclic) bond motifs is 1. The van der Waals surface area contributed by atoms with E-state index in [-0.39, 0.29) is 35.3 Å². The lowest BCUT2D eigenvalue weighted by Gasteiger charge is -2.34. The highest BCUT2D eigenvalue weighted by molar-refractivity contribution is 7.90. The van der Waals surface area contributed by atoms with Crippen molar-refractivity contribution in [3.63, 3.8) is 0 Å². The van der Waals surface area contributed by atoms with Crippen LogP contribution in [0.5, 0.6) is 0 Å². The molecule has 0 saturated carbocycles. The molecule has 11 heteroatoms. The van der Waals surface area contributed by atoms with Crippen LogP contribution < -0.4 is 10.6 Å². The van der Waals surface area contributed by atoms with E-state index in [2.05, 4.69) is 10.6 Å². The zero-order valence-electron chi connectivity index (χ0n) is 23.0. The predicted molar refractivity (Wildman–Crippen MR) is 155 cm³/mol. The quantitative estimate of drug-likeness (QED) is 0.432. The number of hydrogen-bond acceptors (Lipinski definition) is 6. The average molecular weight is 596 g/mol. The molecular formula is C30H33N3O6S2. The molecule has 1 heterocycles. The molecule has 1 aliphatic carbocycles. The first kappa shape index (κ1) is 29.0. The van der Waals surface area contributed by atoms with Crippen molar-refractivity contribution in [3.8, 4) is 11.1 Å². The first-order chi connectivity index (χ1) is 19.4. The number of rotatable bonds is 7. The van der Waals surface area contributed by atoms with Crippen molar-refractivity contribution in [2.75, 3.05) is 19.3 Å². The number of nitrogens with zero attached hydrogens (tertiary/aromatic N) is 1. The van der Waals surface area contributed by atoms with Crippen LogP contribution in [0.15, 0.2) is 76.5 Å². The topological polar surface area (TPSA) is 130 Å². The van der Waals surface area contributed by atoms with Crippen LogP contribution in [0.4, 0.5) is 0 Å². The Labute approximate surface area is 240 Å². The summed E-state index contributed by atoms with van der Waals surface area (Å²) in [7, 11) is -7.31. The van der Waals surface area contributed by atoms with Gasteiger partial charge in [-0.05, 0) is 72.7 Å². The van der Waals surface area contributed by atoms with Gasteiger partial charge in [-0.3, -0.25) is 9.59 Å². The maximum atomic E-state index is 13.4. The van der Waals surface area contributed by atoms with Gasteiger partial charge in [0.25, 0.3) is 0 Å². The summed E-state index contributed by atoms with van der Waals surface area (Å²) in [5.74, 6) is -0.897. The van der Waals surface area contributed by atoms with Crippen molar-refractivity contribution < 1.29 is 26.4 Å². The molecule has 1 saturated heterocycles. The van der Waals surface area contributed by atoms with E-state index in [1.807, 2.05) is 31.2 Å². The van der Waals surface area contributed by atoms with Crippen LogP contribution >= 0.6 is 0 Å². The summed E-state index contributed by atoms with van der Waals surface area (Å²) in [6, 6.07) is 17.7. The first-order valence-electron chi connectivity index (χ1n) is 13.5. The fraction of sp³-hybridized carbons (Fsp3) is 0.333. The largest absolute Gasteiger partial charge is 0.353 e. The van der Waals surface area contributed by atoms with Crippen LogP contribution in [0.25, 0.3) is 11.1 Å². The number of hydrogen-bond donors (Lipinski definition) is 2. The van der Waals surface area contributed by atoms with Gasteiger partial charge in [0.2, 0.25) is 21.8 Å². The van der Waals surface area contributed by atoms with Crippen molar-refractivity contribution in [1.29, 1.82) is 0 Å². The minimum absolute atomic E-state index is 0.0788. The fourth-order valence-electron chi connectivity index (χ4n) is 5.50. The molecule has 0 bridgehead atoms. The van der Waals surface area contributed by atoms with Crippen molar-refractivity contribution >= 4 is 31.7 Å². The van der Waals surface area contributed by atoms with E-state index in [4.69, 9.17) is 0 Å². The molecule has 41 heavy (non-hydrogen) atoms. The Kier molecular flexibility index (Phi) is 8.04. The molecule has 3 aromatic carbocycles. The lowest BCUT2D eigenvalue weighted by molar-refractivity contribution is -0.132. The highest BCUT2D eigenvalue weighted by atomic mass is 32.2. The molecule has 216 valence electrons. The molecule has 2 amide bonds. The van der Waals surface area contributed by atoms with Gasteiger partial charge < -0.3 is 10.6 Å². The zero-order valence-corrected chi connectivity index (χ0v) is 24.6. The third-order valence-corrected chi connectivity index (χ3v) is 10.7. The molecule has 2 aliphatic rings.